The molecule has 4 aliphatic carbocycles. The number of allylic oxidation sites excluding steroid dienone is 1. The first-order valence-electron chi connectivity index (χ1n) is 19.3. The van der Waals surface area contributed by atoms with Gasteiger partial charge in [-0.05, 0) is 101 Å². The van der Waals surface area contributed by atoms with Crippen LogP contribution >= 0.6 is 0 Å². The van der Waals surface area contributed by atoms with Gasteiger partial charge in [-0.25, -0.2) is 18.6 Å². The number of sulfonamides is 1. The van der Waals surface area contributed by atoms with Gasteiger partial charge in [-0.15, -0.1) is 6.58 Å². The van der Waals surface area contributed by atoms with Gasteiger partial charge in [-0.3, -0.25) is 24.1 Å². The lowest BCUT2D eigenvalue weighted by atomic mass is 9.93. The van der Waals surface area contributed by atoms with E-state index in [1.54, 1.807) is 20.8 Å². The number of rotatable bonds is 7. The van der Waals surface area contributed by atoms with Crippen LogP contribution in [0.5, 0.6) is 5.75 Å². The average Bonchev–Trinajstić information content (AvgIpc) is 4.06. The Balaban J connectivity index is 1.21. The molecule has 2 aromatic carbocycles. The summed E-state index contributed by atoms with van der Waals surface area (Å²) < 4.78 is 39.2. The van der Waals surface area contributed by atoms with E-state index < -0.39 is 74.1 Å². The van der Waals surface area contributed by atoms with E-state index in [9.17, 15) is 27.6 Å². The SMILES string of the molecule is C=C[C@H]1C[C@]1(NC(=O)[C@@H]1C[C@@H]2C[C@H]1C(=O)N(NC(=O)OC(C)(C)C)CCCC/C=C/COc1ccc3c(c1)/C(=N/O2)c1ccccc1-3)C(=O)NS(=O)(=O)C1CC1. The quantitative estimate of drug-likeness (QED) is 0.281. The molecule has 298 valence electrons. The van der Waals surface area contributed by atoms with Crippen molar-refractivity contribution in [1.82, 2.24) is 20.5 Å². The average molecular weight is 788 g/mol. The summed E-state index contributed by atoms with van der Waals surface area (Å²) in [5.41, 5.74) is 4.43. The largest absolute Gasteiger partial charge is 0.490 e. The van der Waals surface area contributed by atoms with E-state index >= 15 is 0 Å². The van der Waals surface area contributed by atoms with Gasteiger partial charge in [0, 0.05) is 23.6 Å². The number of nitrogens with zero attached hydrogens (tertiary/aromatic N) is 2. The van der Waals surface area contributed by atoms with Crippen LogP contribution in [0, 0.1) is 17.8 Å². The van der Waals surface area contributed by atoms with Gasteiger partial charge in [0.25, 0.3) is 5.91 Å². The summed E-state index contributed by atoms with van der Waals surface area (Å²) in [5, 5.41) is 8.04. The predicted molar refractivity (Wildman–Crippen MR) is 207 cm³/mol. The van der Waals surface area contributed by atoms with Crippen molar-refractivity contribution in [2.45, 2.75) is 94.6 Å². The van der Waals surface area contributed by atoms with E-state index in [4.69, 9.17) is 14.3 Å². The van der Waals surface area contributed by atoms with Crippen molar-refractivity contribution in [3.8, 4) is 16.9 Å². The normalized spacial score (nSPS) is 27.7. The maximum atomic E-state index is 14.6. The number of carbonyl (C=O) groups excluding carboxylic acids is 4. The summed E-state index contributed by atoms with van der Waals surface area (Å²) in [6.07, 6.45) is 7.01. The molecule has 5 aliphatic rings. The molecule has 0 aromatic heterocycles. The van der Waals surface area contributed by atoms with Gasteiger partial charge in [0.05, 0.1) is 17.1 Å². The van der Waals surface area contributed by atoms with E-state index in [1.807, 2.05) is 54.6 Å². The third-order valence-corrected chi connectivity index (χ3v) is 12.7. The van der Waals surface area contributed by atoms with Crippen LogP contribution in [0.4, 0.5) is 4.79 Å². The summed E-state index contributed by atoms with van der Waals surface area (Å²) in [4.78, 5) is 61.7. The van der Waals surface area contributed by atoms with Crippen molar-refractivity contribution in [3.63, 3.8) is 0 Å². The van der Waals surface area contributed by atoms with E-state index in [-0.39, 0.29) is 25.8 Å². The third kappa shape index (κ3) is 8.32. The molecule has 7 rings (SSSR count). The number of hydrazine groups is 1. The molecule has 15 heteroatoms. The highest BCUT2D eigenvalue weighted by molar-refractivity contribution is 7.91. The molecule has 0 spiro atoms. The molecule has 3 N–H and O–H groups in total. The number of oxime groups is 1. The maximum Gasteiger partial charge on any atom is 0.426 e. The van der Waals surface area contributed by atoms with Crippen LogP contribution in [0.25, 0.3) is 11.1 Å². The lowest BCUT2D eigenvalue weighted by molar-refractivity contribution is -0.144. The van der Waals surface area contributed by atoms with Gasteiger partial charge in [0.2, 0.25) is 21.8 Å². The summed E-state index contributed by atoms with van der Waals surface area (Å²) in [7, 11) is -3.90. The molecule has 2 aromatic rings. The third-order valence-electron chi connectivity index (χ3n) is 10.8. The molecule has 0 saturated heterocycles. The summed E-state index contributed by atoms with van der Waals surface area (Å²) in [5.74, 6) is -3.85. The second kappa shape index (κ2) is 15.4. The van der Waals surface area contributed by atoms with Crippen LogP contribution in [-0.2, 0) is 34.0 Å². The van der Waals surface area contributed by atoms with E-state index in [0.29, 0.717) is 50.2 Å². The van der Waals surface area contributed by atoms with E-state index in [2.05, 4.69) is 27.2 Å². The van der Waals surface area contributed by atoms with Crippen molar-refractivity contribution in [2.24, 2.45) is 22.9 Å². The minimum atomic E-state index is -3.90. The zero-order chi connectivity index (χ0) is 39.8. The Kier molecular flexibility index (Phi) is 10.7. The van der Waals surface area contributed by atoms with Gasteiger partial charge in [-0.2, -0.15) is 0 Å². The number of amides is 4. The summed E-state index contributed by atoms with van der Waals surface area (Å²) in [6, 6.07) is 13.7. The summed E-state index contributed by atoms with van der Waals surface area (Å²) >= 11 is 0. The highest BCUT2D eigenvalue weighted by Gasteiger charge is 2.62. The van der Waals surface area contributed by atoms with Crippen LogP contribution in [-0.4, -0.2) is 78.6 Å². The first-order chi connectivity index (χ1) is 26.7. The van der Waals surface area contributed by atoms with Crippen LogP contribution < -0.4 is 20.2 Å². The van der Waals surface area contributed by atoms with Gasteiger partial charge < -0.3 is 19.6 Å². The van der Waals surface area contributed by atoms with Crippen molar-refractivity contribution < 1.29 is 41.9 Å². The van der Waals surface area contributed by atoms with Crippen molar-refractivity contribution >= 4 is 39.5 Å². The lowest BCUT2D eigenvalue weighted by Crippen LogP contribution is -2.55. The molecule has 56 heavy (non-hydrogen) atoms. The fourth-order valence-electron chi connectivity index (χ4n) is 7.70. The molecule has 0 radical (unpaired) electrons. The lowest BCUT2D eigenvalue weighted by Gasteiger charge is -2.30. The molecular formula is C41H49N5O9S. The molecule has 0 unspecified atom stereocenters. The molecule has 3 fully saturated rings. The second-order valence-corrected chi connectivity index (χ2v) is 18.1. The van der Waals surface area contributed by atoms with Crippen LogP contribution in [0.15, 0.2) is 72.4 Å². The van der Waals surface area contributed by atoms with Crippen LogP contribution in [0.2, 0.25) is 0 Å². The number of fused-ring (bicyclic) bond motifs is 6. The number of hydrogen-bond donors (Lipinski definition) is 3. The van der Waals surface area contributed by atoms with E-state index in [0.717, 1.165) is 22.3 Å². The standard InChI is InChI=1S/C41H49N5O9S/c1-5-25-24-41(25,38(49)45-56(51,52)28-16-17-28)42-36(47)33-22-27-23-34(33)37(48)46(43-39(50)54-40(2,3)4)19-11-7-6-8-12-20-53-26-15-18-30-29-13-9-10-14-31(29)35(44-55-27)32(30)21-26/h5,8-10,12-15,18,21,25,27-28,33-34H,1,6-7,11,16-17,19-20,22-24H2,2-4H3,(H,42,47)(H,43,50)(H,45,49)/b12-8+,44-35+/t25-,27+,33+,34+,41+/m0/s1. The number of ether oxygens (including phenoxy) is 2. The number of hydrogen-bond acceptors (Lipinski definition) is 10. The van der Waals surface area contributed by atoms with Gasteiger partial charge >= 0.3 is 6.09 Å². The Morgan fingerprint density at radius 1 is 1.02 bits per heavy atom. The van der Waals surface area contributed by atoms with Crippen molar-refractivity contribution in [1.29, 1.82) is 0 Å². The molecular weight excluding hydrogens is 739 g/mol. The summed E-state index contributed by atoms with van der Waals surface area (Å²) in [6.45, 7) is 9.43. The first-order valence-corrected chi connectivity index (χ1v) is 20.8. The van der Waals surface area contributed by atoms with Gasteiger partial charge in [-0.1, -0.05) is 47.6 Å². The predicted octanol–water partition coefficient (Wildman–Crippen LogP) is 4.89. The molecule has 4 amide bonds. The smallest absolute Gasteiger partial charge is 0.426 e. The number of nitrogens with one attached hydrogen (secondary N) is 3. The number of benzene rings is 2. The van der Waals surface area contributed by atoms with Gasteiger partial charge in [0.15, 0.2) is 0 Å². The molecule has 4 bridgehead atoms. The monoisotopic (exact) mass is 787 g/mol. The Bertz CT molecular complexity index is 2090. The highest BCUT2D eigenvalue weighted by atomic mass is 32.2. The zero-order valence-electron chi connectivity index (χ0n) is 31.9. The molecule has 3 saturated carbocycles. The fraction of sp³-hybridized carbons (Fsp3) is 0.488. The topological polar surface area (TPSA) is 182 Å². The second-order valence-electron chi connectivity index (χ2n) is 16.2. The van der Waals surface area contributed by atoms with Crippen LogP contribution in [0.1, 0.15) is 83.3 Å². The molecule has 1 aliphatic heterocycles. The Morgan fingerprint density at radius 3 is 2.48 bits per heavy atom. The van der Waals surface area contributed by atoms with Crippen molar-refractivity contribution in [2.75, 3.05) is 13.2 Å². The number of carbonyl (C=O) groups is 4. The van der Waals surface area contributed by atoms with Crippen molar-refractivity contribution in [3.05, 3.63) is 78.4 Å². The first kappa shape index (κ1) is 39.1. The maximum absolute atomic E-state index is 14.6. The minimum Gasteiger partial charge on any atom is -0.490 e. The molecule has 5 atom stereocenters. The van der Waals surface area contributed by atoms with Gasteiger partial charge in [0.1, 0.15) is 35.3 Å². The van der Waals surface area contributed by atoms with E-state index in [1.165, 1.54) is 11.1 Å². The Hall–Kier alpha value is -5.18. The minimum absolute atomic E-state index is 0.0541. The van der Waals surface area contributed by atoms with Crippen LogP contribution in [0.3, 0.4) is 0 Å². The Morgan fingerprint density at radius 2 is 1.77 bits per heavy atom. The highest BCUT2D eigenvalue weighted by Crippen LogP contribution is 2.47. The molecule has 14 nitrogen and oxygen atoms in total. The molecule has 1 heterocycles. The zero-order valence-corrected chi connectivity index (χ0v) is 32.7. The fourth-order valence-corrected chi connectivity index (χ4v) is 9.07. The Labute approximate surface area is 327 Å².